The summed E-state index contributed by atoms with van der Waals surface area (Å²) in [4.78, 5) is 26.4. The van der Waals surface area contributed by atoms with E-state index in [1.54, 1.807) is 13.0 Å². The number of hydrogen-bond donors (Lipinski definition) is 0. The molecule has 0 aromatic carbocycles. The van der Waals surface area contributed by atoms with Gasteiger partial charge in [0, 0.05) is 32.0 Å². The molecule has 0 radical (unpaired) electrons. The van der Waals surface area contributed by atoms with Crippen LogP contribution in [-0.2, 0) is 0 Å². The average Bonchev–Trinajstić information content (AvgIpc) is 2.93. The molecule has 5 nitrogen and oxygen atoms in total. The van der Waals surface area contributed by atoms with Gasteiger partial charge in [-0.25, -0.2) is 4.79 Å². The van der Waals surface area contributed by atoms with E-state index in [2.05, 4.69) is 0 Å². The van der Waals surface area contributed by atoms with Crippen LogP contribution >= 0.6 is 11.3 Å². The Kier molecular flexibility index (Phi) is 4.52. The summed E-state index contributed by atoms with van der Waals surface area (Å²) in [6.45, 7) is 5.05. The molecule has 0 aliphatic carbocycles. The van der Waals surface area contributed by atoms with Gasteiger partial charge in [0.15, 0.2) is 0 Å². The Morgan fingerprint density at radius 3 is 2.61 bits per heavy atom. The molecule has 3 heterocycles. The SMILES string of the molecule is Cc1csc(C(=O)N2CCC(Oc3cc(C)oc(=O)c3)CC2)c1. The number of piperidine rings is 1. The zero-order chi connectivity index (χ0) is 16.4. The summed E-state index contributed by atoms with van der Waals surface area (Å²) in [6, 6.07) is 5.01. The average molecular weight is 333 g/mol. The third-order valence-electron chi connectivity index (χ3n) is 3.84. The molecular formula is C17H19NO4S. The van der Waals surface area contributed by atoms with E-state index in [9.17, 15) is 9.59 Å². The minimum atomic E-state index is -0.402. The van der Waals surface area contributed by atoms with Crippen LogP contribution in [-0.4, -0.2) is 30.0 Å². The van der Waals surface area contributed by atoms with Crippen molar-refractivity contribution in [3.05, 3.63) is 50.2 Å². The van der Waals surface area contributed by atoms with Crippen LogP contribution < -0.4 is 10.4 Å². The number of carbonyl (C=O) groups excluding carboxylic acids is 1. The Bertz CT molecular complexity index is 756. The van der Waals surface area contributed by atoms with E-state index in [4.69, 9.17) is 9.15 Å². The second-order valence-corrected chi connectivity index (χ2v) is 6.73. The Labute approximate surface area is 138 Å². The Morgan fingerprint density at radius 2 is 2.00 bits per heavy atom. The van der Waals surface area contributed by atoms with E-state index < -0.39 is 5.63 Å². The number of hydrogen-bond acceptors (Lipinski definition) is 5. The van der Waals surface area contributed by atoms with Crippen LogP contribution in [0.3, 0.4) is 0 Å². The second-order valence-electron chi connectivity index (χ2n) is 5.82. The van der Waals surface area contributed by atoms with Crippen molar-refractivity contribution in [1.82, 2.24) is 4.90 Å². The molecule has 0 atom stereocenters. The van der Waals surface area contributed by atoms with E-state index in [0.717, 1.165) is 23.3 Å². The third kappa shape index (κ3) is 3.82. The summed E-state index contributed by atoms with van der Waals surface area (Å²) in [5, 5.41) is 1.99. The topological polar surface area (TPSA) is 59.8 Å². The maximum Gasteiger partial charge on any atom is 0.339 e. The van der Waals surface area contributed by atoms with Gasteiger partial charge >= 0.3 is 5.63 Å². The summed E-state index contributed by atoms with van der Waals surface area (Å²) in [6.07, 6.45) is 1.54. The van der Waals surface area contributed by atoms with Gasteiger partial charge in [0.25, 0.3) is 5.91 Å². The molecule has 0 N–H and O–H groups in total. The van der Waals surface area contributed by atoms with Crippen molar-refractivity contribution in [2.45, 2.75) is 32.8 Å². The van der Waals surface area contributed by atoms with Gasteiger partial charge < -0.3 is 14.1 Å². The zero-order valence-corrected chi connectivity index (χ0v) is 14.0. The Balaban J connectivity index is 1.58. The number of carbonyl (C=O) groups is 1. The van der Waals surface area contributed by atoms with Crippen molar-refractivity contribution in [2.24, 2.45) is 0 Å². The van der Waals surface area contributed by atoms with Crippen molar-refractivity contribution >= 4 is 17.2 Å². The zero-order valence-electron chi connectivity index (χ0n) is 13.2. The number of rotatable bonds is 3. The van der Waals surface area contributed by atoms with E-state index in [0.29, 0.717) is 24.6 Å². The van der Waals surface area contributed by atoms with Crippen LogP contribution in [0.5, 0.6) is 5.75 Å². The summed E-state index contributed by atoms with van der Waals surface area (Å²) in [5.74, 6) is 1.17. The maximum absolute atomic E-state index is 12.4. The fourth-order valence-electron chi connectivity index (χ4n) is 2.71. The summed E-state index contributed by atoms with van der Waals surface area (Å²) >= 11 is 1.49. The van der Waals surface area contributed by atoms with Crippen LogP contribution in [0, 0.1) is 13.8 Å². The molecule has 2 aromatic rings. The molecule has 0 saturated carbocycles. The van der Waals surface area contributed by atoms with E-state index in [-0.39, 0.29) is 12.0 Å². The smallest absolute Gasteiger partial charge is 0.339 e. The molecule has 1 aliphatic rings. The lowest BCUT2D eigenvalue weighted by molar-refractivity contribution is 0.0599. The molecule has 6 heteroatoms. The monoisotopic (exact) mass is 333 g/mol. The van der Waals surface area contributed by atoms with Crippen molar-refractivity contribution in [3.8, 4) is 5.75 Å². The molecule has 1 aliphatic heterocycles. The van der Waals surface area contributed by atoms with E-state index in [1.165, 1.54) is 17.4 Å². The minimum absolute atomic E-state index is 0.0188. The molecule has 3 rings (SSSR count). The van der Waals surface area contributed by atoms with Crippen LogP contribution in [0.25, 0.3) is 0 Å². The fourth-order valence-corrected chi connectivity index (χ4v) is 3.58. The Hall–Kier alpha value is -2.08. The highest BCUT2D eigenvalue weighted by molar-refractivity contribution is 7.12. The quantitative estimate of drug-likeness (QED) is 0.866. The molecule has 0 bridgehead atoms. The molecule has 0 spiro atoms. The first-order valence-electron chi connectivity index (χ1n) is 7.64. The number of ether oxygens (including phenoxy) is 1. The first-order valence-corrected chi connectivity index (χ1v) is 8.52. The molecule has 122 valence electrons. The Morgan fingerprint density at radius 1 is 1.26 bits per heavy atom. The van der Waals surface area contributed by atoms with Crippen molar-refractivity contribution in [3.63, 3.8) is 0 Å². The summed E-state index contributed by atoms with van der Waals surface area (Å²) in [7, 11) is 0. The van der Waals surface area contributed by atoms with Gasteiger partial charge in [-0.15, -0.1) is 11.3 Å². The highest BCUT2D eigenvalue weighted by atomic mass is 32.1. The molecule has 1 fully saturated rings. The van der Waals surface area contributed by atoms with Gasteiger partial charge in [0.2, 0.25) is 0 Å². The number of thiophene rings is 1. The lowest BCUT2D eigenvalue weighted by atomic mass is 10.1. The van der Waals surface area contributed by atoms with Crippen LogP contribution in [0.4, 0.5) is 0 Å². The van der Waals surface area contributed by atoms with Crippen LogP contribution in [0.15, 0.2) is 32.8 Å². The van der Waals surface area contributed by atoms with Crippen molar-refractivity contribution in [1.29, 1.82) is 0 Å². The molecular weight excluding hydrogens is 314 g/mol. The van der Waals surface area contributed by atoms with E-state index in [1.807, 2.05) is 23.3 Å². The standard InChI is InChI=1S/C17H19NO4S/c1-11-7-15(23-10-11)17(20)18-5-3-13(4-6-18)22-14-8-12(2)21-16(19)9-14/h7-10,13H,3-6H2,1-2H3. The fraction of sp³-hybridized carbons (Fsp3) is 0.412. The minimum Gasteiger partial charge on any atom is -0.490 e. The lowest BCUT2D eigenvalue weighted by Gasteiger charge is -2.31. The van der Waals surface area contributed by atoms with E-state index >= 15 is 0 Å². The number of aryl methyl sites for hydroxylation is 2. The van der Waals surface area contributed by atoms with Gasteiger partial charge in [-0.3, -0.25) is 4.79 Å². The van der Waals surface area contributed by atoms with Crippen molar-refractivity contribution in [2.75, 3.05) is 13.1 Å². The first kappa shape index (κ1) is 15.8. The predicted molar refractivity (Wildman–Crippen MR) is 88.3 cm³/mol. The van der Waals surface area contributed by atoms with Crippen LogP contribution in [0.1, 0.15) is 33.8 Å². The van der Waals surface area contributed by atoms with Crippen molar-refractivity contribution < 1.29 is 13.9 Å². The van der Waals surface area contributed by atoms with Gasteiger partial charge in [-0.05, 0) is 30.9 Å². The highest BCUT2D eigenvalue weighted by Gasteiger charge is 2.25. The largest absolute Gasteiger partial charge is 0.490 e. The number of likely N-dealkylation sites (tertiary alicyclic amines) is 1. The lowest BCUT2D eigenvalue weighted by Crippen LogP contribution is -2.41. The first-order chi connectivity index (χ1) is 11.0. The molecule has 1 saturated heterocycles. The van der Waals surface area contributed by atoms with Gasteiger partial charge in [-0.1, -0.05) is 0 Å². The number of nitrogens with zero attached hydrogens (tertiary/aromatic N) is 1. The van der Waals surface area contributed by atoms with Gasteiger partial charge in [0.1, 0.15) is 17.6 Å². The van der Waals surface area contributed by atoms with Gasteiger partial charge in [0.05, 0.1) is 10.9 Å². The summed E-state index contributed by atoms with van der Waals surface area (Å²) < 4.78 is 10.8. The molecule has 2 aromatic heterocycles. The van der Waals surface area contributed by atoms with Crippen LogP contribution in [0.2, 0.25) is 0 Å². The maximum atomic E-state index is 12.4. The number of amides is 1. The molecule has 23 heavy (non-hydrogen) atoms. The summed E-state index contributed by atoms with van der Waals surface area (Å²) in [5.41, 5.74) is 0.718. The third-order valence-corrected chi connectivity index (χ3v) is 4.88. The van der Waals surface area contributed by atoms with Gasteiger partial charge in [-0.2, -0.15) is 0 Å². The second kappa shape index (κ2) is 6.58. The highest BCUT2D eigenvalue weighted by Crippen LogP contribution is 2.22. The molecule has 0 unspecified atom stereocenters. The normalized spacial score (nSPS) is 15.7. The molecule has 1 amide bonds. The predicted octanol–water partition coefficient (Wildman–Crippen LogP) is 3.00.